The number of rotatable bonds is 4. The molecule has 0 unspecified atom stereocenters. The molecule has 118 valence electrons. The first-order valence-electron chi connectivity index (χ1n) is 8.17. The lowest BCUT2D eigenvalue weighted by Gasteiger charge is -2.12. The molecule has 0 aliphatic heterocycles. The van der Waals surface area contributed by atoms with E-state index in [1.54, 1.807) is 0 Å². The zero-order valence-corrected chi connectivity index (χ0v) is 13.4. The van der Waals surface area contributed by atoms with E-state index in [4.69, 9.17) is 0 Å². The largest absolute Gasteiger partial charge is 0.392 e. The normalized spacial score (nSPS) is 11.0. The maximum atomic E-state index is 9.39. The first-order chi connectivity index (χ1) is 11.8. The van der Waals surface area contributed by atoms with Crippen molar-refractivity contribution in [2.75, 3.05) is 0 Å². The summed E-state index contributed by atoms with van der Waals surface area (Å²) >= 11 is 0. The van der Waals surface area contributed by atoms with Gasteiger partial charge in [0, 0.05) is 23.1 Å². The second-order valence-corrected chi connectivity index (χ2v) is 6.02. The molecule has 1 N–H and O–H groups in total. The summed E-state index contributed by atoms with van der Waals surface area (Å²) in [6.45, 7) is 0.859. The second-order valence-electron chi connectivity index (χ2n) is 6.02. The summed E-state index contributed by atoms with van der Waals surface area (Å²) in [5.74, 6) is 0. The van der Waals surface area contributed by atoms with Crippen LogP contribution < -0.4 is 0 Å². The first-order valence-corrected chi connectivity index (χ1v) is 8.17. The Morgan fingerprint density at radius 2 is 1.46 bits per heavy atom. The Kier molecular flexibility index (Phi) is 3.89. The number of nitrogens with zero attached hydrogens (tertiary/aromatic N) is 1. The molecule has 3 aromatic carbocycles. The van der Waals surface area contributed by atoms with Crippen molar-refractivity contribution in [2.24, 2.45) is 0 Å². The summed E-state index contributed by atoms with van der Waals surface area (Å²) in [5, 5.41) is 10.6. The van der Waals surface area contributed by atoms with Gasteiger partial charge in [0.25, 0.3) is 0 Å². The van der Waals surface area contributed by atoms with Gasteiger partial charge in [0.2, 0.25) is 0 Å². The van der Waals surface area contributed by atoms with Crippen LogP contribution in [0.5, 0.6) is 0 Å². The van der Waals surface area contributed by atoms with E-state index in [-0.39, 0.29) is 6.61 Å². The Morgan fingerprint density at radius 3 is 2.29 bits per heavy atom. The SMILES string of the molecule is OCc1cccc(Cn2c(-c3ccccc3)cc3ccccc32)c1. The highest BCUT2D eigenvalue weighted by Gasteiger charge is 2.10. The molecule has 0 bridgehead atoms. The predicted octanol–water partition coefficient (Wildman–Crippen LogP) is 4.85. The van der Waals surface area contributed by atoms with Crippen molar-refractivity contribution in [3.05, 3.63) is 96.1 Å². The minimum atomic E-state index is 0.0752. The molecular formula is C22H19NO. The molecule has 0 aliphatic carbocycles. The van der Waals surface area contributed by atoms with Crippen LogP contribution in [0.25, 0.3) is 22.2 Å². The molecule has 4 rings (SSSR count). The number of hydrogen-bond donors (Lipinski definition) is 1. The van der Waals surface area contributed by atoms with Crippen LogP contribution in [0, 0.1) is 0 Å². The number of fused-ring (bicyclic) bond motifs is 1. The molecule has 0 saturated heterocycles. The van der Waals surface area contributed by atoms with Crippen LogP contribution in [0.2, 0.25) is 0 Å². The van der Waals surface area contributed by atoms with Crippen LogP contribution in [0.4, 0.5) is 0 Å². The van der Waals surface area contributed by atoms with Crippen molar-refractivity contribution in [1.82, 2.24) is 4.57 Å². The van der Waals surface area contributed by atoms with Crippen LogP contribution in [-0.4, -0.2) is 9.67 Å². The summed E-state index contributed by atoms with van der Waals surface area (Å²) in [6, 6.07) is 29.4. The molecule has 0 radical (unpaired) electrons. The predicted molar refractivity (Wildman–Crippen MR) is 98.8 cm³/mol. The van der Waals surface area contributed by atoms with E-state index in [2.05, 4.69) is 71.3 Å². The topological polar surface area (TPSA) is 25.2 Å². The Labute approximate surface area is 141 Å². The molecule has 1 aromatic heterocycles. The van der Waals surface area contributed by atoms with E-state index in [0.29, 0.717) is 0 Å². The lowest BCUT2D eigenvalue weighted by Crippen LogP contribution is -2.02. The summed E-state index contributed by atoms with van der Waals surface area (Å²) in [7, 11) is 0. The third-order valence-corrected chi connectivity index (χ3v) is 4.39. The van der Waals surface area contributed by atoms with E-state index in [0.717, 1.165) is 12.1 Å². The van der Waals surface area contributed by atoms with Gasteiger partial charge < -0.3 is 9.67 Å². The summed E-state index contributed by atoms with van der Waals surface area (Å²) < 4.78 is 2.35. The lowest BCUT2D eigenvalue weighted by molar-refractivity contribution is 0.281. The molecule has 0 atom stereocenters. The van der Waals surface area contributed by atoms with Crippen molar-refractivity contribution in [3.63, 3.8) is 0 Å². The Hall–Kier alpha value is -2.84. The van der Waals surface area contributed by atoms with Gasteiger partial charge >= 0.3 is 0 Å². The molecule has 0 amide bonds. The quantitative estimate of drug-likeness (QED) is 0.572. The molecule has 4 aromatic rings. The molecule has 0 aliphatic rings. The van der Waals surface area contributed by atoms with Crippen molar-refractivity contribution in [2.45, 2.75) is 13.2 Å². The average Bonchev–Trinajstić information content (AvgIpc) is 3.01. The minimum Gasteiger partial charge on any atom is -0.392 e. The average molecular weight is 313 g/mol. The maximum Gasteiger partial charge on any atom is 0.0681 e. The van der Waals surface area contributed by atoms with Gasteiger partial charge in [-0.2, -0.15) is 0 Å². The Bertz CT molecular complexity index is 970. The van der Waals surface area contributed by atoms with E-state index in [1.165, 1.54) is 27.7 Å². The number of aliphatic hydroxyl groups excluding tert-OH is 1. The van der Waals surface area contributed by atoms with Crippen molar-refractivity contribution < 1.29 is 5.11 Å². The molecule has 0 spiro atoms. The van der Waals surface area contributed by atoms with E-state index in [1.807, 2.05) is 18.2 Å². The van der Waals surface area contributed by atoms with Gasteiger partial charge in [0.15, 0.2) is 0 Å². The summed E-state index contributed by atoms with van der Waals surface area (Å²) in [6.07, 6.45) is 0. The third-order valence-electron chi connectivity index (χ3n) is 4.39. The van der Waals surface area contributed by atoms with Crippen molar-refractivity contribution >= 4 is 10.9 Å². The number of aromatic nitrogens is 1. The minimum absolute atomic E-state index is 0.0752. The van der Waals surface area contributed by atoms with Crippen LogP contribution in [-0.2, 0) is 13.2 Å². The van der Waals surface area contributed by atoms with Gasteiger partial charge in [-0.15, -0.1) is 0 Å². The van der Waals surface area contributed by atoms with Gasteiger partial charge in [-0.25, -0.2) is 0 Å². The molecule has 0 fully saturated rings. The standard InChI is InChI=1S/C22H19NO/c24-16-18-8-6-7-17(13-18)15-23-21-12-5-4-11-20(21)14-22(23)19-9-2-1-3-10-19/h1-14,24H,15-16H2. The molecule has 1 heterocycles. The molecular weight excluding hydrogens is 294 g/mol. The van der Waals surface area contributed by atoms with Gasteiger partial charge in [-0.05, 0) is 28.8 Å². The highest BCUT2D eigenvalue weighted by Crippen LogP contribution is 2.29. The van der Waals surface area contributed by atoms with Gasteiger partial charge in [0.1, 0.15) is 0 Å². The Morgan fingerprint density at radius 1 is 0.708 bits per heavy atom. The summed E-state index contributed by atoms with van der Waals surface area (Å²) in [5.41, 5.74) is 5.80. The van der Waals surface area contributed by atoms with Crippen LogP contribution in [0.1, 0.15) is 11.1 Å². The van der Waals surface area contributed by atoms with Crippen LogP contribution in [0.3, 0.4) is 0 Å². The maximum absolute atomic E-state index is 9.39. The van der Waals surface area contributed by atoms with E-state index < -0.39 is 0 Å². The molecule has 2 heteroatoms. The fraction of sp³-hybridized carbons (Fsp3) is 0.0909. The highest BCUT2D eigenvalue weighted by molar-refractivity contribution is 5.87. The van der Waals surface area contributed by atoms with E-state index >= 15 is 0 Å². The van der Waals surface area contributed by atoms with Gasteiger partial charge in [-0.3, -0.25) is 0 Å². The zero-order chi connectivity index (χ0) is 16.4. The van der Waals surface area contributed by atoms with Gasteiger partial charge in [-0.1, -0.05) is 72.8 Å². The number of hydrogen-bond acceptors (Lipinski definition) is 1. The number of benzene rings is 3. The van der Waals surface area contributed by atoms with Crippen molar-refractivity contribution in [3.8, 4) is 11.3 Å². The molecule has 24 heavy (non-hydrogen) atoms. The third kappa shape index (κ3) is 2.72. The van der Waals surface area contributed by atoms with Crippen LogP contribution >= 0.6 is 0 Å². The molecule has 0 saturated carbocycles. The fourth-order valence-corrected chi connectivity index (χ4v) is 3.24. The van der Waals surface area contributed by atoms with E-state index in [9.17, 15) is 5.11 Å². The second kappa shape index (κ2) is 6.34. The van der Waals surface area contributed by atoms with Crippen LogP contribution in [0.15, 0.2) is 84.9 Å². The van der Waals surface area contributed by atoms with Gasteiger partial charge in [0.05, 0.1) is 6.61 Å². The smallest absolute Gasteiger partial charge is 0.0681 e. The summed E-state index contributed by atoms with van der Waals surface area (Å²) in [4.78, 5) is 0. The fourth-order valence-electron chi connectivity index (χ4n) is 3.24. The monoisotopic (exact) mass is 313 g/mol. The van der Waals surface area contributed by atoms with Crippen molar-refractivity contribution in [1.29, 1.82) is 0 Å². The lowest BCUT2D eigenvalue weighted by atomic mass is 10.1. The zero-order valence-electron chi connectivity index (χ0n) is 13.4. The first kappa shape index (κ1) is 14.7. The number of para-hydroxylation sites is 1. The number of aliphatic hydroxyl groups is 1. The Balaban J connectivity index is 1.86. The molecule has 2 nitrogen and oxygen atoms in total. The highest BCUT2D eigenvalue weighted by atomic mass is 16.3.